The standard InChI is InChI=1S/C21H26F2N4O2S/c1-3-24-21(26(2)13-15-4-6-17(7-5-15)29-20(22)23)25-12-19(28)27-10-8-18-16(14-27)9-11-30-18/h4-7,9,11,20H,3,8,10,12-14H2,1-2H3,(H,24,25). The van der Waals surface area contributed by atoms with Crippen LogP contribution in [0.25, 0.3) is 0 Å². The highest BCUT2D eigenvalue weighted by Crippen LogP contribution is 2.24. The molecule has 9 heteroatoms. The van der Waals surface area contributed by atoms with Crippen LogP contribution in [0, 0.1) is 0 Å². The highest BCUT2D eigenvalue weighted by molar-refractivity contribution is 7.10. The Morgan fingerprint density at radius 3 is 2.80 bits per heavy atom. The van der Waals surface area contributed by atoms with Crippen molar-refractivity contribution in [2.24, 2.45) is 4.99 Å². The van der Waals surface area contributed by atoms with Crippen LogP contribution in [-0.2, 0) is 24.3 Å². The molecule has 1 aliphatic rings. The third kappa shape index (κ3) is 5.91. The van der Waals surface area contributed by atoms with Gasteiger partial charge in [-0.3, -0.25) is 4.79 Å². The average Bonchev–Trinajstić information content (AvgIpc) is 3.19. The summed E-state index contributed by atoms with van der Waals surface area (Å²) < 4.78 is 28.9. The molecule has 0 bridgehead atoms. The summed E-state index contributed by atoms with van der Waals surface area (Å²) in [5.41, 5.74) is 2.14. The minimum absolute atomic E-state index is 0.00385. The molecule has 1 N–H and O–H groups in total. The average molecular weight is 437 g/mol. The van der Waals surface area contributed by atoms with Crippen molar-refractivity contribution in [3.05, 3.63) is 51.7 Å². The maximum Gasteiger partial charge on any atom is 0.387 e. The number of nitrogens with zero attached hydrogens (tertiary/aromatic N) is 3. The molecule has 1 aromatic heterocycles. The molecule has 0 fully saturated rings. The number of rotatable bonds is 7. The number of amides is 1. The maximum absolute atomic E-state index is 12.6. The fourth-order valence-electron chi connectivity index (χ4n) is 3.30. The summed E-state index contributed by atoms with van der Waals surface area (Å²) in [5, 5.41) is 5.26. The van der Waals surface area contributed by atoms with Gasteiger partial charge in [0.2, 0.25) is 5.91 Å². The van der Waals surface area contributed by atoms with Gasteiger partial charge >= 0.3 is 6.61 Å². The molecule has 0 saturated carbocycles. The molecule has 0 spiro atoms. The van der Waals surface area contributed by atoms with E-state index in [0.717, 1.165) is 18.5 Å². The first-order valence-corrected chi connectivity index (χ1v) is 10.7. The number of benzene rings is 1. The maximum atomic E-state index is 12.6. The summed E-state index contributed by atoms with van der Waals surface area (Å²) >= 11 is 1.75. The summed E-state index contributed by atoms with van der Waals surface area (Å²) in [6.07, 6.45) is 0.897. The van der Waals surface area contributed by atoms with Crippen molar-refractivity contribution < 1.29 is 18.3 Å². The second-order valence-corrected chi connectivity index (χ2v) is 7.98. The van der Waals surface area contributed by atoms with Gasteiger partial charge in [-0.25, -0.2) is 4.99 Å². The number of ether oxygens (including phenoxy) is 1. The van der Waals surface area contributed by atoms with Crippen LogP contribution in [0.2, 0.25) is 0 Å². The van der Waals surface area contributed by atoms with Crippen molar-refractivity contribution in [1.82, 2.24) is 15.1 Å². The van der Waals surface area contributed by atoms with E-state index in [2.05, 4.69) is 26.5 Å². The Balaban J connectivity index is 1.58. The van der Waals surface area contributed by atoms with E-state index in [1.807, 2.05) is 23.8 Å². The molecule has 0 atom stereocenters. The number of hydrogen-bond acceptors (Lipinski definition) is 4. The van der Waals surface area contributed by atoms with Crippen LogP contribution in [0.15, 0.2) is 40.7 Å². The Kier molecular flexibility index (Phi) is 7.62. The summed E-state index contributed by atoms with van der Waals surface area (Å²) in [6.45, 7) is 1.75. The van der Waals surface area contributed by atoms with E-state index < -0.39 is 6.61 Å². The Morgan fingerprint density at radius 2 is 2.10 bits per heavy atom. The SMILES string of the molecule is CCNC(=NCC(=O)N1CCc2sccc2C1)N(C)Cc1ccc(OC(F)F)cc1. The minimum Gasteiger partial charge on any atom is -0.435 e. The molecule has 2 heterocycles. The molecule has 1 amide bonds. The molecule has 0 saturated heterocycles. The lowest BCUT2D eigenvalue weighted by molar-refractivity contribution is -0.130. The summed E-state index contributed by atoms with van der Waals surface area (Å²) in [6, 6.07) is 8.57. The van der Waals surface area contributed by atoms with Crippen molar-refractivity contribution in [1.29, 1.82) is 0 Å². The Bertz CT molecular complexity index is 870. The zero-order valence-corrected chi connectivity index (χ0v) is 17.9. The normalized spacial score (nSPS) is 13.9. The number of nitrogens with one attached hydrogen (secondary N) is 1. The largest absolute Gasteiger partial charge is 0.435 e. The van der Waals surface area contributed by atoms with Crippen LogP contribution in [0.5, 0.6) is 5.75 Å². The summed E-state index contributed by atoms with van der Waals surface area (Å²) in [4.78, 5) is 22.3. The first kappa shape index (κ1) is 22.0. The topological polar surface area (TPSA) is 57.2 Å². The van der Waals surface area contributed by atoms with E-state index in [1.54, 1.807) is 23.5 Å². The van der Waals surface area contributed by atoms with Crippen LogP contribution in [0.4, 0.5) is 8.78 Å². The van der Waals surface area contributed by atoms with Gasteiger partial charge in [0.05, 0.1) is 0 Å². The number of fused-ring (bicyclic) bond motifs is 1. The molecular formula is C21H26F2N4O2S. The molecule has 0 radical (unpaired) electrons. The third-order valence-corrected chi connectivity index (χ3v) is 5.81. The first-order chi connectivity index (χ1) is 14.5. The Hall–Kier alpha value is -2.68. The van der Waals surface area contributed by atoms with Gasteiger partial charge in [-0.05, 0) is 48.1 Å². The van der Waals surface area contributed by atoms with Gasteiger partial charge in [-0.15, -0.1) is 11.3 Å². The van der Waals surface area contributed by atoms with E-state index in [1.165, 1.54) is 22.6 Å². The van der Waals surface area contributed by atoms with E-state index in [9.17, 15) is 13.6 Å². The quantitative estimate of drug-likeness (QED) is 0.534. The number of thiophene rings is 1. The van der Waals surface area contributed by atoms with Crippen LogP contribution < -0.4 is 10.1 Å². The first-order valence-electron chi connectivity index (χ1n) is 9.82. The van der Waals surface area contributed by atoms with Crippen LogP contribution in [0.3, 0.4) is 0 Å². The number of hydrogen-bond donors (Lipinski definition) is 1. The lowest BCUT2D eigenvalue weighted by Crippen LogP contribution is -2.41. The fraction of sp³-hybridized carbons (Fsp3) is 0.429. The van der Waals surface area contributed by atoms with Gasteiger partial charge in [0, 0.05) is 38.1 Å². The second-order valence-electron chi connectivity index (χ2n) is 6.98. The molecule has 30 heavy (non-hydrogen) atoms. The molecule has 6 nitrogen and oxygen atoms in total. The number of halogens is 2. The highest BCUT2D eigenvalue weighted by Gasteiger charge is 2.21. The lowest BCUT2D eigenvalue weighted by Gasteiger charge is -2.27. The van der Waals surface area contributed by atoms with Crippen LogP contribution in [-0.4, -0.2) is 55.0 Å². The fourth-order valence-corrected chi connectivity index (χ4v) is 4.19. The summed E-state index contributed by atoms with van der Waals surface area (Å²) in [7, 11) is 1.87. The lowest BCUT2D eigenvalue weighted by atomic mass is 10.1. The molecule has 1 aromatic carbocycles. The van der Waals surface area contributed by atoms with Crippen molar-refractivity contribution in [2.45, 2.75) is 33.0 Å². The van der Waals surface area contributed by atoms with Crippen molar-refractivity contribution >= 4 is 23.2 Å². The van der Waals surface area contributed by atoms with E-state index in [-0.39, 0.29) is 18.2 Å². The molecule has 3 rings (SSSR count). The molecule has 1 aliphatic heterocycles. The van der Waals surface area contributed by atoms with Gasteiger partial charge in [-0.1, -0.05) is 12.1 Å². The predicted molar refractivity (Wildman–Crippen MR) is 114 cm³/mol. The van der Waals surface area contributed by atoms with Gasteiger partial charge in [-0.2, -0.15) is 8.78 Å². The monoisotopic (exact) mass is 436 g/mol. The number of aliphatic imine (C=N–C) groups is 1. The van der Waals surface area contributed by atoms with Crippen molar-refractivity contribution in [2.75, 3.05) is 26.7 Å². The Morgan fingerprint density at radius 1 is 1.33 bits per heavy atom. The van der Waals surface area contributed by atoms with Gasteiger partial charge in [0.1, 0.15) is 12.3 Å². The summed E-state index contributed by atoms with van der Waals surface area (Å²) in [5.74, 6) is 0.744. The zero-order valence-electron chi connectivity index (χ0n) is 17.1. The Labute approximate surface area is 179 Å². The van der Waals surface area contributed by atoms with Crippen LogP contribution >= 0.6 is 11.3 Å². The van der Waals surface area contributed by atoms with Crippen molar-refractivity contribution in [3.63, 3.8) is 0 Å². The van der Waals surface area contributed by atoms with Gasteiger partial charge in [0.25, 0.3) is 0 Å². The molecule has 0 unspecified atom stereocenters. The highest BCUT2D eigenvalue weighted by atomic mass is 32.1. The number of carbonyl (C=O) groups excluding carboxylic acids is 1. The number of carbonyl (C=O) groups is 1. The minimum atomic E-state index is -2.84. The molecular weight excluding hydrogens is 410 g/mol. The number of alkyl halides is 2. The van der Waals surface area contributed by atoms with Gasteiger partial charge < -0.3 is 19.9 Å². The second kappa shape index (κ2) is 10.4. The predicted octanol–water partition coefficient (Wildman–Crippen LogP) is 3.33. The van der Waals surface area contributed by atoms with Crippen molar-refractivity contribution in [3.8, 4) is 5.75 Å². The third-order valence-electron chi connectivity index (χ3n) is 4.79. The van der Waals surface area contributed by atoms with E-state index in [0.29, 0.717) is 25.6 Å². The van der Waals surface area contributed by atoms with E-state index >= 15 is 0 Å². The molecule has 162 valence electrons. The smallest absolute Gasteiger partial charge is 0.387 e. The molecule has 0 aliphatic carbocycles. The van der Waals surface area contributed by atoms with E-state index in [4.69, 9.17) is 0 Å². The van der Waals surface area contributed by atoms with Crippen LogP contribution in [0.1, 0.15) is 22.9 Å². The zero-order chi connectivity index (χ0) is 21.5. The molecule has 2 aromatic rings. The van der Waals surface area contributed by atoms with Gasteiger partial charge in [0.15, 0.2) is 5.96 Å². The number of guanidine groups is 1.